The Morgan fingerprint density at radius 1 is 1.26 bits per heavy atom. The Morgan fingerprint density at radius 2 is 1.89 bits per heavy atom. The quantitative estimate of drug-likeness (QED) is 0.732. The fourth-order valence-electron chi connectivity index (χ4n) is 1.73. The van der Waals surface area contributed by atoms with Crippen molar-refractivity contribution < 1.29 is 23.4 Å². The van der Waals surface area contributed by atoms with E-state index in [1.165, 1.54) is 24.3 Å². The van der Waals surface area contributed by atoms with Crippen LogP contribution in [0.5, 0.6) is 5.75 Å². The van der Waals surface area contributed by atoms with Crippen molar-refractivity contribution in [3.63, 3.8) is 0 Å². The molecule has 0 radical (unpaired) electrons. The van der Waals surface area contributed by atoms with Crippen LogP contribution in [-0.2, 0) is 10.7 Å². The summed E-state index contributed by atoms with van der Waals surface area (Å²) in [6.45, 7) is 2.32. The standard InChI is InChI=1S/C14H18F2O3/c1-2-19-12-8-6-11(7-9-12)14(15,16)10-4-3-5-13(17)18/h6-9H,2-5,10H2,1H3,(H,17,18). The number of rotatable bonds is 8. The molecule has 19 heavy (non-hydrogen) atoms. The van der Waals surface area contributed by atoms with Gasteiger partial charge in [-0.1, -0.05) is 0 Å². The molecule has 0 atom stereocenters. The molecule has 0 saturated heterocycles. The number of unbranched alkanes of at least 4 members (excludes halogenated alkanes) is 1. The molecule has 1 N–H and O–H groups in total. The molecule has 0 aliphatic rings. The Balaban J connectivity index is 2.53. The van der Waals surface area contributed by atoms with Gasteiger partial charge in [0.1, 0.15) is 5.75 Å². The predicted molar refractivity (Wildman–Crippen MR) is 67.6 cm³/mol. The van der Waals surface area contributed by atoms with Crippen LogP contribution in [0.15, 0.2) is 24.3 Å². The van der Waals surface area contributed by atoms with E-state index < -0.39 is 11.9 Å². The van der Waals surface area contributed by atoms with E-state index in [0.29, 0.717) is 12.4 Å². The van der Waals surface area contributed by atoms with Crippen molar-refractivity contribution in [1.29, 1.82) is 0 Å². The van der Waals surface area contributed by atoms with Crippen LogP contribution in [0, 0.1) is 0 Å². The number of hydrogen-bond acceptors (Lipinski definition) is 2. The average Bonchev–Trinajstić information content (AvgIpc) is 2.36. The van der Waals surface area contributed by atoms with Crippen LogP contribution < -0.4 is 4.74 Å². The maximum Gasteiger partial charge on any atom is 0.303 e. The summed E-state index contributed by atoms with van der Waals surface area (Å²) in [7, 11) is 0. The SMILES string of the molecule is CCOc1ccc(C(F)(F)CCCCC(=O)O)cc1. The molecule has 106 valence electrons. The summed E-state index contributed by atoms with van der Waals surface area (Å²) in [6, 6.07) is 5.73. The summed E-state index contributed by atoms with van der Waals surface area (Å²) in [4.78, 5) is 10.3. The number of benzene rings is 1. The van der Waals surface area contributed by atoms with Gasteiger partial charge in [-0.3, -0.25) is 4.79 Å². The van der Waals surface area contributed by atoms with Crippen LogP contribution in [0.3, 0.4) is 0 Å². The molecule has 0 heterocycles. The fraction of sp³-hybridized carbons (Fsp3) is 0.500. The first-order valence-electron chi connectivity index (χ1n) is 6.28. The van der Waals surface area contributed by atoms with Gasteiger partial charge in [0.2, 0.25) is 0 Å². The molecule has 0 fully saturated rings. The maximum absolute atomic E-state index is 13.8. The van der Waals surface area contributed by atoms with E-state index in [2.05, 4.69) is 0 Å². The topological polar surface area (TPSA) is 46.5 Å². The van der Waals surface area contributed by atoms with Gasteiger partial charge in [0.15, 0.2) is 0 Å². The zero-order chi connectivity index (χ0) is 14.3. The highest BCUT2D eigenvalue weighted by atomic mass is 19.3. The summed E-state index contributed by atoms with van der Waals surface area (Å²) >= 11 is 0. The minimum absolute atomic E-state index is 0.0636. The molecular formula is C14H18F2O3. The Hall–Kier alpha value is -1.65. The average molecular weight is 272 g/mol. The lowest BCUT2D eigenvalue weighted by molar-refractivity contribution is -0.137. The minimum Gasteiger partial charge on any atom is -0.494 e. The largest absolute Gasteiger partial charge is 0.494 e. The molecule has 0 unspecified atom stereocenters. The highest BCUT2D eigenvalue weighted by molar-refractivity contribution is 5.66. The van der Waals surface area contributed by atoms with Crippen molar-refractivity contribution in [3.8, 4) is 5.75 Å². The monoisotopic (exact) mass is 272 g/mol. The van der Waals surface area contributed by atoms with Crippen molar-refractivity contribution in [3.05, 3.63) is 29.8 Å². The Labute approximate surface area is 111 Å². The molecule has 1 rings (SSSR count). The summed E-state index contributed by atoms with van der Waals surface area (Å²) in [6.07, 6.45) is 0.0437. The van der Waals surface area contributed by atoms with Crippen molar-refractivity contribution in [2.45, 2.75) is 38.5 Å². The first-order chi connectivity index (χ1) is 8.95. The smallest absolute Gasteiger partial charge is 0.303 e. The molecule has 1 aromatic carbocycles. The van der Waals surface area contributed by atoms with Gasteiger partial charge in [0.25, 0.3) is 5.92 Å². The molecular weight excluding hydrogens is 254 g/mol. The normalized spacial score (nSPS) is 11.3. The Bertz CT molecular complexity index is 402. The van der Waals surface area contributed by atoms with Crippen LogP contribution >= 0.6 is 0 Å². The summed E-state index contributed by atoms with van der Waals surface area (Å²) < 4.78 is 32.8. The molecule has 1 aromatic rings. The van der Waals surface area contributed by atoms with Gasteiger partial charge >= 0.3 is 5.97 Å². The summed E-state index contributed by atoms with van der Waals surface area (Å²) in [5.74, 6) is -3.32. The Kier molecular flexibility index (Phi) is 5.73. The minimum atomic E-state index is -2.93. The van der Waals surface area contributed by atoms with Crippen LogP contribution in [0.25, 0.3) is 0 Å². The number of ether oxygens (including phenoxy) is 1. The number of carbonyl (C=O) groups is 1. The van der Waals surface area contributed by atoms with Gasteiger partial charge in [0, 0.05) is 18.4 Å². The van der Waals surface area contributed by atoms with Gasteiger partial charge in [-0.15, -0.1) is 0 Å². The van der Waals surface area contributed by atoms with E-state index in [-0.39, 0.29) is 31.2 Å². The second-order valence-corrected chi connectivity index (χ2v) is 4.26. The van der Waals surface area contributed by atoms with E-state index in [1.807, 2.05) is 6.92 Å². The fourth-order valence-corrected chi connectivity index (χ4v) is 1.73. The molecule has 0 amide bonds. The van der Waals surface area contributed by atoms with E-state index >= 15 is 0 Å². The number of carboxylic acid groups (broad SMARTS) is 1. The van der Waals surface area contributed by atoms with Crippen LogP contribution in [0.2, 0.25) is 0 Å². The third-order valence-electron chi connectivity index (χ3n) is 2.72. The van der Waals surface area contributed by atoms with Gasteiger partial charge in [-0.25, -0.2) is 8.78 Å². The summed E-state index contributed by atoms with van der Waals surface area (Å²) in [5, 5.41) is 8.44. The number of halogens is 2. The second kappa shape index (κ2) is 7.07. The molecule has 0 spiro atoms. The van der Waals surface area contributed by atoms with E-state index in [0.717, 1.165) is 0 Å². The molecule has 0 saturated carbocycles. The third kappa shape index (κ3) is 5.24. The van der Waals surface area contributed by atoms with Crippen LogP contribution in [0.4, 0.5) is 8.78 Å². The third-order valence-corrected chi connectivity index (χ3v) is 2.72. The van der Waals surface area contributed by atoms with Crippen LogP contribution in [-0.4, -0.2) is 17.7 Å². The van der Waals surface area contributed by atoms with E-state index in [9.17, 15) is 13.6 Å². The van der Waals surface area contributed by atoms with E-state index in [4.69, 9.17) is 9.84 Å². The Morgan fingerprint density at radius 3 is 2.42 bits per heavy atom. The first-order valence-corrected chi connectivity index (χ1v) is 6.28. The number of hydrogen-bond donors (Lipinski definition) is 1. The molecule has 0 bridgehead atoms. The second-order valence-electron chi connectivity index (χ2n) is 4.26. The predicted octanol–water partition coefficient (Wildman–Crippen LogP) is 3.82. The van der Waals surface area contributed by atoms with Gasteiger partial charge < -0.3 is 9.84 Å². The van der Waals surface area contributed by atoms with Gasteiger partial charge in [-0.2, -0.15) is 0 Å². The molecule has 0 aliphatic carbocycles. The van der Waals surface area contributed by atoms with Crippen molar-refractivity contribution in [1.82, 2.24) is 0 Å². The lowest BCUT2D eigenvalue weighted by Gasteiger charge is -2.17. The maximum atomic E-state index is 13.8. The highest BCUT2D eigenvalue weighted by Crippen LogP contribution is 2.34. The number of alkyl halides is 2. The van der Waals surface area contributed by atoms with Gasteiger partial charge in [-0.05, 0) is 44.0 Å². The van der Waals surface area contributed by atoms with Crippen molar-refractivity contribution >= 4 is 5.97 Å². The van der Waals surface area contributed by atoms with E-state index in [1.54, 1.807) is 0 Å². The molecule has 5 heteroatoms. The van der Waals surface area contributed by atoms with Crippen molar-refractivity contribution in [2.75, 3.05) is 6.61 Å². The molecule has 0 aliphatic heterocycles. The summed E-state index contributed by atoms with van der Waals surface area (Å²) in [5.41, 5.74) is -0.0636. The first kappa shape index (κ1) is 15.4. The van der Waals surface area contributed by atoms with Crippen LogP contribution in [0.1, 0.15) is 38.2 Å². The zero-order valence-corrected chi connectivity index (χ0v) is 10.9. The highest BCUT2D eigenvalue weighted by Gasteiger charge is 2.30. The van der Waals surface area contributed by atoms with Gasteiger partial charge in [0.05, 0.1) is 6.61 Å². The number of carboxylic acids is 1. The molecule has 0 aromatic heterocycles. The zero-order valence-electron chi connectivity index (χ0n) is 10.9. The lowest BCUT2D eigenvalue weighted by atomic mass is 10.0. The lowest BCUT2D eigenvalue weighted by Crippen LogP contribution is -2.13. The number of aliphatic carboxylic acids is 1. The van der Waals surface area contributed by atoms with Crippen molar-refractivity contribution in [2.24, 2.45) is 0 Å². The molecule has 3 nitrogen and oxygen atoms in total.